The molecule has 0 unspecified atom stereocenters. The first-order valence-electron chi connectivity index (χ1n) is 9.60. The molecule has 0 radical (unpaired) electrons. The van der Waals surface area contributed by atoms with Crippen LogP contribution in [0, 0.1) is 0 Å². The minimum absolute atomic E-state index is 0.0249. The van der Waals surface area contributed by atoms with Gasteiger partial charge in [0.25, 0.3) is 0 Å². The van der Waals surface area contributed by atoms with Crippen molar-refractivity contribution in [1.82, 2.24) is 4.98 Å². The summed E-state index contributed by atoms with van der Waals surface area (Å²) in [6, 6.07) is 16.1. The Hall–Kier alpha value is -3.88. The van der Waals surface area contributed by atoms with E-state index in [4.69, 9.17) is 9.57 Å². The second-order valence-corrected chi connectivity index (χ2v) is 7.02. The molecule has 0 saturated heterocycles. The van der Waals surface area contributed by atoms with Crippen molar-refractivity contribution in [2.75, 3.05) is 0 Å². The van der Waals surface area contributed by atoms with E-state index < -0.39 is 12.5 Å². The first-order chi connectivity index (χ1) is 15.3. The van der Waals surface area contributed by atoms with Crippen LogP contribution in [-0.4, -0.2) is 23.0 Å². The number of alkyl halides is 3. The highest BCUT2D eigenvalue weighted by molar-refractivity contribution is 5.95. The van der Waals surface area contributed by atoms with Gasteiger partial charge in [0.1, 0.15) is 11.5 Å². The number of Topliss-reactive ketones (excluding diaryl/α,β-unsaturated/α-hetero) is 1. The largest absolute Gasteiger partial charge is 0.573 e. The summed E-state index contributed by atoms with van der Waals surface area (Å²) < 4.78 is 46.4. The van der Waals surface area contributed by atoms with E-state index in [2.05, 4.69) is 14.9 Å². The smallest absolute Gasteiger partial charge is 0.438 e. The van der Waals surface area contributed by atoms with Gasteiger partial charge in [-0.05, 0) is 42.8 Å². The number of oxime groups is 1. The second-order valence-electron chi connectivity index (χ2n) is 7.02. The summed E-state index contributed by atoms with van der Waals surface area (Å²) in [5.41, 5.74) is 2.74. The molecule has 0 fully saturated rings. The molecular weight excluding hydrogens is 425 g/mol. The fourth-order valence-corrected chi connectivity index (χ4v) is 3.12. The third-order valence-electron chi connectivity index (χ3n) is 4.66. The van der Waals surface area contributed by atoms with Crippen molar-refractivity contribution in [2.45, 2.75) is 25.8 Å². The highest BCUT2D eigenvalue weighted by atomic mass is 19.4. The van der Waals surface area contributed by atoms with Gasteiger partial charge in [-0.25, -0.2) is 0 Å². The topological polar surface area (TPSA) is 70.0 Å². The highest BCUT2D eigenvalue weighted by Gasteiger charge is 2.31. The van der Waals surface area contributed by atoms with Crippen LogP contribution in [0.1, 0.15) is 35.4 Å². The van der Waals surface area contributed by atoms with Gasteiger partial charge in [-0.15, -0.1) is 13.2 Å². The zero-order chi connectivity index (χ0) is 22.7. The van der Waals surface area contributed by atoms with Gasteiger partial charge in [0, 0.05) is 11.1 Å². The number of hydrogen-bond donors (Lipinski definition) is 0. The quantitative estimate of drug-likeness (QED) is 0.474. The van der Waals surface area contributed by atoms with E-state index in [1.807, 2.05) is 6.07 Å². The minimum Gasteiger partial charge on any atom is -0.438 e. The van der Waals surface area contributed by atoms with Crippen molar-refractivity contribution >= 4 is 11.7 Å². The van der Waals surface area contributed by atoms with E-state index in [1.165, 1.54) is 37.4 Å². The molecule has 2 aromatic carbocycles. The van der Waals surface area contributed by atoms with E-state index in [-0.39, 0.29) is 11.5 Å². The van der Waals surface area contributed by atoms with Crippen molar-refractivity contribution in [2.24, 2.45) is 5.16 Å². The lowest BCUT2D eigenvalue weighted by Crippen LogP contribution is -2.17. The molecule has 1 aliphatic rings. The lowest BCUT2D eigenvalue weighted by Gasteiger charge is -2.11. The molecule has 0 saturated carbocycles. The van der Waals surface area contributed by atoms with Crippen LogP contribution in [0.15, 0.2) is 72.0 Å². The van der Waals surface area contributed by atoms with E-state index in [0.717, 1.165) is 5.56 Å². The lowest BCUT2D eigenvalue weighted by atomic mass is 10.1. The number of hydrogen-bond acceptors (Lipinski definition) is 6. The maximum Gasteiger partial charge on any atom is 0.573 e. The summed E-state index contributed by atoms with van der Waals surface area (Å²) in [5, 5.41) is 3.90. The number of pyridine rings is 1. The molecule has 1 aromatic heterocycles. The van der Waals surface area contributed by atoms with Crippen LogP contribution in [0.5, 0.6) is 11.5 Å². The van der Waals surface area contributed by atoms with Gasteiger partial charge in [-0.2, -0.15) is 0 Å². The molecule has 0 aliphatic carbocycles. The van der Waals surface area contributed by atoms with Crippen molar-refractivity contribution in [3.63, 3.8) is 0 Å². The molecule has 164 valence electrons. The Kier molecular flexibility index (Phi) is 5.81. The molecule has 0 amide bonds. The van der Waals surface area contributed by atoms with Crippen molar-refractivity contribution in [1.29, 1.82) is 0 Å². The number of carbonyl (C=O) groups excluding carboxylic acids is 1. The highest BCUT2D eigenvalue weighted by Crippen LogP contribution is 2.31. The average molecular weight is 442 g/mol. The summed E-state index contributed by atoms with van der Waals surface area (Å²) in [6.07, 6.45) is -3.38. The van der Waals surface area contributed by atoms with Crippen molar-refractivity contribution in [3.05, 3.63) is 78.0 Å². The number of carbonyl (C=O) groups is 1. The Labute approximate surface area is 181 Å². The molecule has 6 nitrogen and oxygen atoms in total. The average Bonchev–Trinajstić information content (AvgIpc) is 3.22. The third kappa shape index (κ3) is 5.23. The third-order valence-corrected chi connectivity index (χ3v) is 4.66. The first kappa shape index (κ1) is 21.4. The van der Waals surface area contributed by atoms with Gasteiger partial charge in [0.05, 0.1) is 18.3 Å². The molecule has 3 aromatic rings. The van der Waals surface area contributed by atoms with Gasteiger partial charge >= 0.3 is 6.36 Å². The Bertz CT molecular complexity index is 1140. The maximum absolute atomic E-state index is 12.3. The van der Waals surface area contributed by atoms with Gasteiger partial charge in [-0.3, -0.25) is 9.78 Å². The number of benzene rings is 2. The van der Waals surface area contributed by atoms with Crippen molar-refractivity contribution in [3.8, 4) is 22.8 Å². The molecule has 0 bridgehead atoms. The van der Waals surface area contributed by atoms with Crippen LogP contribution in [-0.2, 0) is 4.84 Å². The molecular formula is C23H17F3N2O4. The van der Waals surface area contributed by atoms with Crippen LogP contribution in [0.4, 0.5) is 13.2 Å². The molecule has 2 heterocycles. The number of ether oxygens (including phenoxy) is 2. The van der Waals surface area contributed by atoms with Gasteiger partial charge in [-0.1, -0.05) is 35.5 Å². The predicted octanol–water partition coefficient (Wildman–Crippen LogP) is 5.70. The number of nitrogens with zero attached hydrogens (tertiary/aromatic N) is 2. The molecule has 9 heteroatoms. The Morgan fingerprint density at radius 2 is 1.81 bits per heavy atom. The molecule has 0 spiro atoms. The van der Waals surface area contributed by atoms with Crippen LogP contribution in [0.3, 0.4) is 0 Å². The number of ketones is 1. The lowest BCUT2D eigenvalue weighted by molar-refractivity contribution is -0.274. The van der Waals surface area contributed by atoms with E-state index in [1.54, 1.807) is 30.3 Å². The number of rotatable bonds is 5. The second kappa shape index (κ2) is 8.70. The summed E-state index contributed by atoms with van der Waals surface area (Å²) in [6.45, 7) is 1.51. The zero-order valence-electron chi connectivity index (χ0n) is 16.8. The monoisotopic (exact) mass is 442 g/mol. The molecule has 1 atom stereocenters. The van der Waals surface area contributed by atoms with E-state index in [0.29, 0.717) is 34.9 Å². The summed E-state index contributed by atoms with van der Waals surface area (Å²) >= 11 is 0. The molecule has 1 aliphatic heterocycles. The fourth-order valence-electron chi connectivity index (χ4n) is 3.12. The standard InChI is InChI=1S/C23H17F3N2O4/c1-14(29)16-3-2-4-17(11-16)20-10-9-19(13-27-20)30-22-12-21(32-28-22)15-5-7-18(8-6-15)31-23(24,25)26/h2-11,13,21H,12H2,1H3/t21-/m1/s1. The fraction of sp³-hybridized carbons (Fsp3) is 0.174. The summed E-state index contributed by atoms with van der Waals surface area (Å²) in [5.74, 6) is 0.437. The normalized spacial score (nSPS) is 15.6. The van der Waals surface area contributed by atoms with Crippen molar-refractivity contribution < 1.29 is 32.3 Å². The minimum atomic E-state index is -4.74. The number of halogens is 3. The van der Waals surface area contributed by atoms with Crippen LogP contribution < -0.4 is 9.47 Å². The van der Waals surface area contributed by atoms with E-state index >= 15 is 0 Å². The molecule has 4 rings (SSSR count). The molecule has 0 N–H and O–H groups in total. The summed E-state index contributed by atoms with van der Waals surface area (Å²) in [7, 11) is 0. The summed E-state index contributed by atoms with van der Waals surface area (Å²) in [4.78, 5) is 21.3. The SMILES string of the molecule is CC(=O)c1cccc(-c2ccc(OC3=NO[C@@H](c4ccc(OC(F)(F)F)cc4)C3)cn2)c1. The van der Waals surface area contributed by atoms with Gasteiger partial charge in [0.2, 0.25) is 5.90 Å². The van der Waals surface area contributed by atoms with Gasteiger partial charge in [0.15, 0.2) is 11.9 Å². The predicted molar refractivity (Wildman–Crippen MR) is 109 cm³/mol. The number of aromatic nitrogens is 1. The molecule has 32 heavy (non-hydrogen) atoms. The first-order valence-corrected chi connectivity index (χ1v) is 9.60. The van der Waals surface area contributed by atoms with Crippen LogP contribution >= 0.6 is 0 Å². The van der Waals surface area contributed by atoms with E-state index in [9.17, 15) is 18.0 Å². The van der Waals surface area contributed by atoms with Gasteiger partial charge < -0.3 is 14.3 Å². The zero-order valence-corrected chi connectivity index (χ0v) is 16.8. The Morgan fingerprint density at radius 1 is 1.06 bits per heavy atom. The Morgan fingerprint density at radius 3 is 2.47 bits per heavy atom. The Balaban J connectivity index is 1.36. The maximum atomic E-state index is 12.3. The van der Waals surface area contributed by atoms with Crippen LogP contribution in [0.25, 0.3) is 11.3 Å². The van der Waals surface area contributed by atoms with Crippen LogP contribution in [0.2, 0.25) is 0 Å².